The van der Waals surface area contributed by atoms with Gasteiger partial charge in [-0.1, -0.05) is 65.3 Å². The van der Waals surface area contributed by atoms with Crippen LogP contribution in [0.4, 0.5) is 5.13 Å². The van der Waals surface area contributed by atoms with Crippen molar-refractivity contribution in [1.29, 1.82) is 0 Å². The fourth-order valence-corrected chi connectivity index (χ4v) is 5.37. The number of rotatable bonds is 6. The van der Waals surface area contributed by atoms with Crippen molar-refractivity contribution in [2.45, 2.75) is 4.34 Å². The molecule has 0 saturated heterocycles. The molecule has 0 aliphatic carbocycles. The zero-order valence-electron chi connectivity index (χ0n) is 14.8. The Hall–Kier alpha value is -1.90. The number of benzene rings is 2. The summed E-state index contributed by atoms with van der Waals surface area (Å²) in [4.78, 5) is 21.3. The second kappa shape index (κ2) is 9.28. The summed E-state index contributed by atoms with van der Waals surface area (Å²) in [6.07, 6.45) is 0. The Balaban J connectivity index is 1.35. The van der Waals surface area contributed by atoms with Gasteiger partial charge in [-0.3, -0.25) is 4.79 Å². The summed E-state index contributed by atoms with van der Waals surface area (Å²) in [6.45, 7) is 0. The van der Waals surface area contributed by atoms with Crippen LogP contribution in [-0.2, 0) is 4.79 Å². The lowest BCUT2D eigenvalue weighted by molar-refractivity contribution is -0.113. The van der Waals surface area contributed by atoms with Crippen molar-refractivity contribution < 1.29 is 4.79 Å². The molecule has 0 unspecified atom stereocenters. The summed E-state index contributed by atoms with van der Waals surface area (Å²) in [6, 6.07) is 15.2. The van der Waals surface area contributed by atoms with Crippen LogP contribution >= 0.6 is 57.6 Å². The number of anilines is 1. The lowest BCUT2D eigenvalue weighted by atomic mass is 10.2. The average Bonchev–Trinajstić information content (AvgIpc) is 3.37. The minimum atomic E-state index is -0.120. The summed E-state index contributed by atoms with van der Waals surface area (Å²) in [5.41, 5.74) is 3.46. The van der Waals surface area contributed by atoms with Gasteiger partial charge in [-0.2, -0.15) is 0 Å². The maximum Gasteiger partial charge on any atom is 0.236 e. The molecular formula is C20H13Cl2N3OS3. The number of carbonyl (C=O) groups excluding carboxylic acids is 1. The van der Waals surface area contributed by atoms with E-state index in [1.807, 2.05) is 47.2 Å². The Kier molecular flexibility index (Phi) is 6.52. The van der Waals surface area contributed by atoms with Crippen LogP contribution in [0, 0.1) is 0 Å². The smallest absolute Gasteiger partial charge is 0.236 e. The van der Waals surface area contributed by atoms with E-state index in [-0.39, 0.29) is 11.7 Å². The number of hydrogen-bond acceptors (Lipinski definition) is 6. The van der Waals surface area contributed by atoms with Crippen LogP contribution in [0.2, 0.25) is 10.0 Å². The van der Waals surface area contributed by atoms with Crippen LogP contribution in [0.3, 0.4) is 0 Å². The van der Waals surface area contributed by atoms with Crippen molar-refractivity contribution in [3.8, 4) is 22.5 Å². The normalized spacial score (nSPS) is 10.8. The highest BCUT2D eigenvalue weighted by Gasteiger charge is 2.12. The molecule has 2 aromatic heterocycles. The van der Waals surface area contributed by atoms with E-state index in [4.69, 9.17) is 23.2 Å². The molecule has 29 heavy (non-hydrogen) atoms. The van der Waals surface area contributed by atoms with E-state index in [0.717, 1.165) is 26.9 Å². The summed E-state index contributed by atoms with van der Waals surface area (Å²) in [5, 5.41) is 8.41. The number of nitrogens with one attached hydrogen (secondary N) is 1. The monoisotopic (exact) mass is 477 g/mol. The Morgan fingerprint density at radius 2 is 1.79 bits per heavy atom. The highest BCUT2D eigenvalue weighted by atomic mass is 35.5. The molecular weight excluding hydrogens is 465 g/mol. The molecule has 4 nitrogen and oxygen atoms in total. The topological polar surface area (TPSA) is 54.9 Å². The van der Waals surface area contributed by atoms with Gasteiger partial charge in [0.2, 0.25) is 5.91 Å². The first-order chi connectivity index (χ1) is 14.1. The van der Waals surface area contributed by atoms with Crippen molar-refractivity contribution in [3.63, 3.8) is 0 Å². The first-order valence-corrected chi connectivity index (χ1v) is 11.9. The second-order valence-electron chi connectivity index (χ2n) is 5.86. The summed E-state index contributed by atoms with van der Waals surface area (Å²) in [5.74, 6) is 0.131. The van der Waals surface area contributed by atoms with Crippen LogP contribution in [-0.4, -0.2) is 21.6 Å². The van der Waals surface area contributed by atoms with Gasteiger partial charge in [-0.25, -0.2) is 9.97 Å². The van der Waals surface area contributed by atoms with E-state index in [2.05, 4.69) is 15.3 Å². The SMILES string of the molecule is O=C(CSc1nc(-c2ccc(Cl)cc2Cl)cs1)Nc1nc(-c2ccccc2)cs1. The second-order valence-corrected chi connectivity index (χ2v) is 9.65. The number of hydrogen-bond donors (Lipinski definition) is 1. The number of amides is 1. The molecule has 146 valence electrons. The van der Waals surface area contributed by atoms with Crippen LogP contribution in [0.25, 0.3) is 22.5 Å². The van der Waals surface area contributed by atoms with E-state index in [1.165, 1.54) is 34.4 Å². The molecule has 1 amide bonds. The average molecular weight is 478 g/mol. The molecule has 0 aliphatic rings. The lowest BCUT2D eigenvalue weighted by Crippen LogP contribution is -2.13. The Morgan fingerprint density at radius 1 is 1.00 bits per heavy atom. The molecule has 0 aliphatic heterocycles. The molecule has 2 aromatic carbocycles. The highest BCUT2D eigenvalue weighted by Crippen LogP contribution is 2.33. The van der Waals surface area contributed by atoms with E-state index in [0.29, 0.717) is 15.2 Å². The van der Waals surface area contributed by atoms with Crippen molar-refractivity contribution in [2.24, 2.45) is 0 Å². The van der Waals surface area contributed by atoms with E-state index < -0.39 is 0 Å². The van der Waals surface area contributed by atoms with Gasteiger partial charge in [0.1, 0.15) is 0 Å². The van der Waals surface area contributed by atoms with Gasteiger partial charge in [0.25, 0.3) is 0 Å². The number of thiazole rings is 2. The van der Waals surface area contributed by atoms with Crippen molar-refractivity contribution in [1.82, 2.24) is 9.97 Å². The molecule has 1 N–H and O–H groups in total. The van der Waals surface area contributed by atoms with Crippen LogP contribution in [0.5, 0.6) is 0 Å². The summed E-state index contributed by atoms with van der Waals surface area (Å²) >= 11 is 16.4. The van der Waals surface area contributed by atoms with Gasteiger partial charge in [0.05, 0.1) is 22.2 Å². The lowest BCUT2D eigenvalue weighted by Gasteiger charge is -2.01. The number of carbonyl (C=O) groups is 1. The fraction of sp³-hybridized carbons (Fsp3) is 0.0500. The van der Waals surface area contributed by atoms with Gasteiger partial charge in [0.15, 0.2) is 9.47 Å². The standard InChI is InChI=1S/C20H13Cl2N3OS3/c21-13-6-7-14(15(22)8-13)17-10-28-20(24-17)29-11-18(26)25-19-23-16(9-27-19)12-4-2-1-3-5-12/h1-10H,11H2,(H,23,25,26). The van der Waals surface area contributed by atoms with Gasteiger partial charge in [-0.15, -0.1) is 22.7 Å². The van der Waals surface area contributed by atoms with E-state index >= 15 is 0 Å². The zero-order valence-corrected chi connectivity index (χ0v) is 18.7. The first-order valence-electron chi connectivity index (χ1n) is 8.43. The molecule has 0 fully saturated rings. The van der Waals surface area contributed by atoms with Crippen LogP contribution < -0.4 is 5.32 Å². The summed E-state index contributed by atoms with van der Waals surface area (Å²) < 4.78 is 0.797. The third-order valence-electron chi connectivity index (χ3n) is 3.84. The van der Waals surface area contributed by atoms with Crippen molar-refractivity contribution in [3.05, 3.63) is 69.3 Å². The molecule has 4 aromatic rings. The largest absolute Gasteiger partial charge is 0.301 e. The Morgan fingerprint density at radius 3 is 2.59 bits per heavy atom. The molecule has 0 radical (unpaired) electrons. The maximum atomic E-state index is 12.3. The van der Waals surface area contributed by atoms with E-state index in [1.54, 1.807) is 12.1 Å². The Labute approximate surface area is 189 Å². The molecule has 4 rings (SSSR count). The third kappa shape index (κ3) is 5.18. The predicted octanol–water partition coefficient (Wildman–Crippen LogP) is 6.97. The van der Waals surface area contributed by atoms with Gasteiger partial charge >= 0.3 is 0 Å². The minimum absolute atomic E-state index is 0.120. The van der Waals surface area contributed by atoms with Crippen molar-refractivity contribution in [2.75, 3.05) is 11.1 Å². The fourth-order valence-electron chi connectivity index (χ4n) is 2.50. The number of nitrogens with zero attached hydrogens (tertiary/aromatic N) is 2. The molecule has 2 heterocycles. The van der Waals surface area contributed by atoms with Crippen LogP contribution in [0.15, 0.2) is 63.6 Å². The molecule has 9 heteroatoms. The zero-order chi connectivity index (χ0) is 20.2. The highest BCUT2D eigenvalue weighted by molar-refractivity contribution is 8.01. The Bertz CT molecular complexity index is 1140. The molecule has 0 bridgehead atoms. The predicted molar refractivity (Wildman–Crippen MR) is 124 cm³/mol. The van der Waals surface area contributed by atoms with Gasteiger partial charge in [0, 0.05) is 26.9 Å². The number of aromatic nitrogens is 2. The van der Waals surface area contributed by atoms with Gasteiger partial charge in [-0.05, 0) is 18.2 Å². The molecule has 0 spiro atoms. The molecule has 0 saturated carbocycles. The summed E-state index contributed by atoms with van der Waals surface area (Å²) in [7, 11) is 0. The quantitative estimate of drug-likeness (QED) is 0.304. The number of thioether (sulfide) groups is 1. The minimum Gasteiger partial charge on any atom is -0.301 e. The maximum absolute atomic E-state index is 12.3. The number of halogens is 2. The van der Waals surface area contributed by atoms with E-state index in [9.17, 15) is 4.79 Å². The van der Waals surface area contributed by atoms with Crippen LogP contribution in [0.1, 0.15) is 0 Å². The first kappa shape index (κ1) is 20.4. The molecule has 0 atom stereocenters. The van der Waals surface area contributed by atoms with Gasteiger partial charge < -0.3 is 5.32 Å². The van der Waals surface area contributed by atoms with Crippen molar-refractivity contribution >= 4 is 68.7 Å². The third-order valence-corrected chi connectivity index (χ3v) is 7.16.